The fraction of sp³-hybridized carbons (Fsp3) is 0.667. The van der Waals surface area contributed by atoms with Crippen molar-refractivity contribution in [3.8, 4) is 0 Å². The number of allylic oxidation sites excluding steroid dienone is 1. The topological polar surface area (TPSA) is 46.5 Å². The van der Waals surface area contributed by atoms with Crippen molar-refractivity contribution in [2.75, 3.05) is 0 Å². The van der Waals surface area contributed by atoms with Gasteiger partial charge in [-0.25, -0.2) is 4.79 Å². The van der Waals surface area contributed by atoms with Crippen LogP contribution in [0.4, 0.5) is 0 Å². The SMILES string of the molecule is CC=CC(C)OC(=O)C(O)CC. The van der Waals surface area contributed by atoms with E-state index in [0.29, 0.717) is 6.42 Å². The predicted octanol–water partition coefficient (Wildman–Crippen LogP) is 1.27. The molecule has 0 saturated carbocycles. The smallest absolute Gasteiger partial charge is 0.335 e. The Hall–Kier alpha value is -0.830. The van der Waals surface area contributed by atoms with E-state index in [9.17, 15) is 4.79 Å². The first kappa shape index (κ1) is 11.2. The highest BCUT2D eigenvalue weighted by molar-refractivity contribution is 5.74. The van der Waals surface area contributed by atoms with Gasteiger partial charge in [-0.2, -0.15) is 0 Å². The molecular formula is C9H16O3. The average molecular weight is 172 g/mol. The van der Waals surface area contributed by atoms with Crippen LogP contribution in [-0.2, 0) is 9.53 Å². The van der Waals surface area contributed by atoms with Gasteiger partial charge in [-0.05, 0) is 26.3 Å². The highest BCUT2D eigenvalue weighted by Gasteiger charge is 2.15. The molecule has 0 bridgehead atoms. The lowest BCUT2D eigenvalue weighted by molar-refractivity contribution is -0.156. The van der Waals surface area contributed by atoms with E-state index < -0.39 is 12.1 Å². The third-order valence-corrected chi connectivity index (χ3v) is 1.42. The molecule has 0 heterocycles. The fourth-order valence-electron chi connectivity index (χ4n) is 0.739. The minimum Gasteiger partial charge on any atom is -0.457 e. The molecule has 2 atom stereocenters. The summed E-state index contributed by atoms with van der Waals surface area (Å²) in [7, 11) is 0. The van der Waals surface area contributed by atoms with Crippen molar-refractivity contribution in [1.82, 2.24) is 0 Å². The third kappa shape index (κ3) is 4.13. The van der Waals surface area contributed by atoms with Gasteiger partial charge < -0.3 is 9.84 Å². The molecule has 2 unspecified atom stereocenters. The van der Waals surface area contributed by atoms with Crippen LogP contribution in [0.5, 0.6) is 0 Å². The number of ether oxygens (including phenoxy) is 1. The van der Waals surface area contributed by atoms with Crippen molar-refractivity contribution in [2.24, 2.45) is 0 Å². The molecule has 0 aliphatic heterocycles. The maximum absolute atomic E-state index is 11.0. The van der Waals surface area contributed by atoms with Gasteiger partial charge in [-0.1, -0.05) is 13.0 Å². The molecule has 0 fully saturated rings. The van der Waals surface area contributed by atoms with Gasteiger partial charge in [0.2, 0.25) is 0 Å². The predicted molar refractivity (Wildman–Crippen MR) is 46.7 cm³/mol. The highest BCUT2D eigenvalue weighted by atomic mass is 16.6. The van der Waals surface area contributed by atoms with Crippen LogP contribution in [0.3, 0.4) is 0 Å². The molecule has 70 valence electrons. The zero-order chi connectivity index (χ0) is 9.56. The Labute approximate surface area is 73.0 Å². The van der Waals surface area contributed by atoms with E-state index in [1.54, 1.807) is 26.0 Å². The summed E-state index contributed by atoms with van der Waals surface area (Å²) in [5, 5.41) is 9.04. The Morgan fingerprint density at radius 3 is 2.67 bits per heavy atom. The van der Waals surface area contributed by atoms with Crippen molar-refractivity contribution >= 4 is 5.97 Å². The lowest BCUT2D eigenvalue weighted by Crippen LogP contribution is -2.25. The van der Waals surface area contributed by atoms with E-state index in [0.717, 1.165) is 0 Å². The Kier molecular flexibility index (Phi) is 5.37. The molecule has 0 aromatic rings. The number of hydrogen-bond donors (Lipinski definition) is 1. The molecule has 0 amide bonds. The van der Waals surface area contributed by atoms with Crippen molar-refractivity contribution in [2.45, 2.75) is 39.4 Å². The number of hydrogen-bond acceptors (Lipinski definition) is 3. The van der Waals surface area contributed by atoms with Crippen LogP contribution in [0.25, 0.3) is 0 Å². The molecule has 0 radical (unpaired) electrons. The minimum atomic E-state index is -0.988. The molecule has 0 aliphatic carbocycles. The van der Waals surface area contributed by atoms with Crippen molar-refractivity contribution in [3.05, 3.63) is 12.2 Å². The molecule has 0 aliphatic rings. The first-order valence-electron chi connectivity index (χ1n) is 4.13. The molecule has 1 N–H and O–H groups in total. The van der Waals surface area contributed by atoms with Gasteiger partial charge in [-0.15, -0.1) is 0 Å². The summed E-state index contributed by atoms with van der Waals surface area (Å²) in [4.78, 5) is 11.0. The van der Waals surface area contributed by atoms with E-state index >= 15 is 0 Å². The van der Waals surface area contributed by atoms with Crippen LogP contribution in [0, 0.1) is 0 Å². The fourth-order valence-corrected chi connectivity index (χ4v) is 0.739. The van der Waals surface area contributed by atoms with E-state index in [-0.39, 0.29) is 6.10 Å². The van der Waals surface area contributed by atoms with Gasteiger partial charge in [0.15, 0.2) is 6.10 Å². The van der Waals surface area contributed by atoms with Crippen LogP contribution < -0.4 is 0 Å². The number of aliphatic hydroxyl groups is 1. The minimum absolute atomic E-state index is 0.260. The molecule has 12 heavy (non-hydrogen) atoms. The standard InChI is InChI=1S/C9H16O3/c1-4-6-7(3)12-9(11)8(10)5-2/h4,6-8,10H,5H2,1-3H3. The van der Waals surface area contributed by atoms with Gasteiger partial charge in [0, 0.05) is 0 Å². The number of aliphatic hydroxyl groups excluding tert-OH is 1. The largest absolute Gasteiger partial charge is 0.457 e. The molecule has 0 saturated heterocycles. The second-order valence-corrected chi connectivity index (χ2v) is 2.59. The van der Waals surface area contributed by atoms with Gasteiger partial charge in [-0.3, -0.25) is 0 Å². The zero-order valence-electron chi connectivity index (χ0n) is 7.78. The van der Waals surface area contributed by atoms with Crippen LogP contribution >= 0.6 is 0 Å². The monoisotopic (exact) mass is 172 g/mol. The number of rotatable bonds is 4. The zero-order valence-corrected chi connectivity index (χ0v) is 7.78. The van der Waals surface area contributed by atoms with Gasteiger partial charge in [0.05, 0.1) is 0 Å². The number of carbonyl (C=O) groups excluding carboxylic acids is 1. The van der Waals surface area contributed by atoms with Gasteiger partial charge >= 0.3 is 5.97 Å². The summed E-state index contributed by atoms with van der Waals surface area (Å²) < 4.78 is 4.87. The van der Waals surface area contributed by atoms with Gasteiger partial charge in [0.25, 0.3) is 0 Å². The molecular weight excluding hydrogens is 156 g/mol. The summed E-state index contributed by atoms with van der Waals surface area (Å²) in [6.07, 6.45) is 2.69. The summed E-state index contributed by atoms with van der Waals surface area (Å²) in [5.74, 6) is -0.553. The van der Waals surface area contributed by atoms with Gasteiger partial charge in [0.1, 0.15) is 6.10 Å². The maximum Gasteiger partial charge on any atom is 0.335 e. The molecule has 0 rings (SSSR count). The molecule has 0 aromatic heterocycles. The Morgan fingerprint density at radius 2 is 2.25 bits per heavy atom. The van der Waals surface area contributed by atoms with Crippen LogP contribution in [0.2, 0.25) is 0 Å². The van der Waals surface area contributed by atoms with Crippen LogP contribution in [0.15, 0.2) is 12.2 Å². The normalized spacial score (nSPS) is 16.0. The van der Waals surface area contributed by atoms with E-state index in [4.69, 9.17) is 9.84 Å². The average Bonchev–Trinajstić information content (AvgIpc) is 2.03. The molecule has 0 spiro atoms. The molecule has 3 nitrogen and oxygen atoms in total. The van der Waals surface area contributed by atoms with E-state index in [2.05, 4.69) is 0 Å². The lowest BCUT2D eigenvalue weighted by Gasteiger charge is -2.11. The third-order valence-electron chi connectivity index (χ3n) is 1.42. The maximum atomic E-state index is 11.0. The summed E-state index contributed by atoms with van der Waals surface area (Å²) in [6, 6.07) is 0. The Morgan fingerprint density at radius 1 is 1.67 bits per heavy atom. The highest BCUT2D eigenvalue weighted by Crippen LogP contribution is 1.99. The quantitative estimate of drug-likeness (QED) is 0.513. The van der Waals surface area contributed by atoms with Crippen LogP contribution in [-0.4, -0.2) is 23.3 Å². The van der Waals surface area contributed by atoms with Crippen molar-refractivity contribution in [1.29, 1.82) is 0 Å². The summed E-state index contributed by atoms with van der Waals surface area (Å²) >= 11 is 0. The van der Waals surface area contributed by atoms with Crippen molar-refractivity contribution < 1.29 is 14.6 Å². The first-order valence-corrected chi connectivity index (χ1v) is 4.13. The second-order valence-electron chi connectivity index (χ2n) is 2.59. The number of esters is 1. The summed E-state index contributed by atoms with van der Waals surface area (Å²) in [6.45, 7) is 5.33. The molecule has 0 aromatic carbocycles. The van der Waals surface area contributed by atoms with Crippen molar-refractivity contribution in [3.63, 3.8) is 0 Å². The lowest BCUT2D eigenvalue weighted by atomic mass is 10.3. The first-order chi connectivity index (χ1) is 5.61. The molecule has 3 heteroatoms. The van der Waals surface area contributed by atoms with E-state index in [1.165, 1.54) is 0 Å². The van der Waals surface area contributed by atoms with E-state index in [1.807, 2.05) is 6.92 Å². The Balaban J connectivity index is 3.83. The number of carbonyl (C=O) groups is 1. The second kappa shape index (κ2) is 5.77. The van der Waals surface area contributed by atoms with Crippen LogP contribution in [0.1, 0.15) is 27.2 Å². The Bertz CT molecular complexity index is 163. The summed E-state index contributed by atoms with van der Waals surface area (Å²) in [5.41, 5.74) is 0.